The Morgan fingerprint density at radius 2 is 1.65 bits per heavy atom. The third-order valence-electron chi connectivity index (χ3n) is 5.09. The molecule has 0 aliphatic heterocycles. The average molecular weight is 267 g/mol. The van der Waals surface area contributed by atoms with Gasteiger partial charge in [-0.15, -0.1) is 0 Å². The monoisotopic (exact) mass is 267 g/mol. The quantitative estimate of drug-likeness (QED) is 0.818. The second-order valence-corrected chi connectivity index (χ2v) is 6.54. The number of nitrogens with one attached hydrogen (secondary N) is 1. The second kappa shape index (κ2) is 5.57. The summed E-state index contributed by atoms with van der Waals surface area (Å²) < 4.78 is 0. The van der Waals surface area contributed by atoms with Crippen LogP contribution in [0.1, 0.15) is 50.6 Å². The van der Waals surface area contributed by atoms with Gasteiger partial charge >= 0.3 is 0 Å². The van der Waals surface area contributed by atoms with E-state index >= 15 is 0 Å². The van der Waals surface area contributed by atoms with Crippen molar-refractivity contribution in [1.29, 1.82) is 0 Å². The average Bonchev–Trinajstić information content (AvgIpc) is 2.48. The van der Waals surface area contributed by atoms with Crippen molar-refractivity contribution in [3.8, 4) is 0 Å². The van der Waals surface area contributed by atoms with Crippen molar-refractivity contribution >= 4 is 10.8 Å². The molecule has 1 saturated carbocycles. The Balaban J connectivity index is 1.98. The molecule has 3 rings (SSSR count). The molecular formula is C19H25N. The predicted octanol–water partition coefficient (Wildman–Crippen LogP) is 5.07. The SMILES string of the molecule is CNC(c1ccc2ccccc2c1)C1(C)CCCCC1. The summed E-state index contributed by atoms with van der Waals surface area (Å²) in [5.41, 5.74) is 1.84. The molecule has 106 valence electrons. The van der Waals surface area contributed by atoms with Crippen molar-refractivity contribution in [1.82, 2.24) is 5.32 Å². The van der Waals surface area contributed by atoms with Crippen molar-refractivity contribution in [2.24, 2.45) is 5.41 Å². The van der Waals surface area contributed by atoms with E-state index in [0.717, 1.165) is 0 Å². The van der Waals surface area contributed by atoms with Gasteiger partial charge in [-0.05, 0) is 47.7 Å². The zero-order valence-electron chi connectivity index (χ0n) is 12.7. The number of fused-ring (bicyclic) bond motifs is 1. The van der Waals surface area contributed by atoms with E-state index in [0.29, 0.717) is 11.5 Å². The highest BCUT2D eigenvalue weighted by atomic mass is 14.9. The molecule has 0 amide bonds. The molecule has 1 atom stereocenters. The lowest BCUT2D eigenvalue weighted by Crippen LogP contribution is -2.36. The molecule has 1 fully saturated rings. The predicted molar refractivity (Wildman–Crippen MR) is 86.9 cm³/mol. The van der Waals surface area contributed by atoms with E-state index < -0.39 is 0 Å². The van der Waals surface area contributed by atoms with Crippen LogP contribution in [-0.2, 0) is 0 Å². The van der Waals surface area contributed by atoms with Crippen LogP contribution in [0.3, 0.4) is 0 Å². The molecule has 0 spiro atoms. The Morgan fingerprint density at radius 1 is 0.950 bits per heavy atom. The summed E-state index contributed by atoms with van der Waals surface area (Å²) in [5.74, 6) is 0. The highest BCUT2D eigenvalue weighted by Gasteiger charge is 2.35. The first-order valence-electron chi connectivity index (χ1n) is 7.89. The lowest BCUT2D eigenvalue weighted by atomic mass is 9.68. The fraction of sp³-hybridized carbons (Fsp3) is 0.474. The minimum absolute atomic E-state index is 0.398. The molecule has 1 N–H and O–H groups in total. The van der Waals surface area contributed by atoms with Crippen LogP contribution in [0.4, 0.5) is 0 Å². The smallest absolute Gasteiger partial charge is 0.0372 e. The van der Waals surface area contributed by atoms with Gasteiger partial charge in [0.2, 0.25) is 0 Å². The van der Waals surface area contributed by atoms with E-state index in [2.05, 4.69) is 61.8 Å². The molecule has 2 aromatic carbocycles. The van der Waals surface area contributed by atoms with Crippen molar-refractivity contribution < 1.29 is 0 Å². The lowest BCUT2D eigenvalue weighted by Gasteiger charge is -2.41. The fourth-order valence-corrected chi connectivity index (χ4v) is 3.95. The summed E-state index contributed by atoms with van der Waals surface area (Å²) in [5, 5.41) is 6.28. The summed E-state index contributed by atoms with van der Waals surface area (Å²) in [4.78, 5) is 0. The normalized spacial score (nSPS) is 19.9. The highest BCUT2D eigenvalue weighted by molar-refractivity contribution is 5.83. The molecule has 0 bridgehead atoms. The molecule has 1 heteroatoms. The Hall–Kier alpha value is -1.34. The van der Waals surface area contributed by atoms with Crippen LogP contribution < -0.4 is 5.32 Å². The Bertz CT molecular complexity index is 581. The van der Waals surface area contributed by atoms with E-state index in [4.69, 9.17) is 0 Å². The molecule has 1 unspecified atom stereocenters. The van der Waals surface area contributed by atoms with Gasteiger partial charge < -0.3 is 5.32 Å². The van der Waals surface area contributed by atoms with Crippen LogP contribution in [0.15, 0.2) is 42.5 Å². The van der Waals surface area contributed by atoms with Gasteiger partial charge in [0.15, 0.2) is 0 Å². The first kappa shape index (κ1) is 13.6. The van der Waals surface area contributed by atoms with Gasteiger partial charge in [-0.1, -0.05) is 62.6 Å². The Morgan fingerprint density at radius 3 is 2.35 bits per heavy atom. The number of benzene rings is 2. The first-order chi connectivity index (χ1) is 9.73. The van der Waals surface area contributed by atoms with E-state index in [1.807, 2.05) is 0 Å². The van der Waals surface area contributed by atoms with Crippen LogP contribution >= 0.6 is 0 Å². The molecule has 1 nitrogen and oxygen atoms in total. The summed E-state index contributed by atoms with van der Waals surface area (Å²) in [6.45, 7) is 2.46. The van der Waals surface area contributed by atoms with Gasteiger partial charge in [0.1, 0.15) is 0 Å². The van der Waals surface area contributed by atoms with Gasteiger partial charge in [-0.25, -0.2) is 0 Å². The molecular weight excluding hydrogens is 242 g/mol. The number of hydrogen-bond acceptors (Lipinski definition) is 1. The van der Waals surface area contributed by atoms with Crippen molar-refractivity contribution in [3.05, 3.63) is 48.0 Å². The molecule has 0 saturated heterocycles. The Labute approximate surface area is 122 Å². The number of hydrogen-bond donors (Lipinski definition) is 1. The second-order valence-electron chi connectivity index (χ2n) is 6.54. The highest BCUT2D eigenvalue weighted by Crippen LogP contribution is 2.45. The van der Waals surface area contributed by atoms with Crippen molar-refractivity contribution in [3.63, 3.8) is 0 Å². The minimum atomic E-state index is 0.398. The Kier molecular flexibility index (Phi) is 3.80. The van der Waals surface area contributed by atoms with Crippen LogP contribution in [0.2, 0.25) is 0 Å². The van der Waals surface area contributed by atoms with E-state index in [1.165, 1.54) is 48.4 Å². The molecule has 0 aromatic heterocycles. The lowest BCUT2D eigenvalue weighted by molar-refractivity contribution is 0.150. The zero-order valence-corrected chi connectivity index (χ0v) is 12.7. The van der Waals surface area contributed by atoms with Crippen LogP contribution in [0, 0.1) is 5.41 Å². The molecule has 20 heavy (non-hydrogen) atoms. The number of rotatable bonds is 3. The largest absolute Gasteiger partial charge is 0.313 e. The third kappa shape index (κ3) is 2.47. The van der Waals surface area contributed by atoms with Crippen LogP contribution in [0.5, 0.6) is 0 Å². The van der Waals surface area contributed by atoms with Crippen molar-refractivity contribution in [2.45, 2.75) is 45.1 Å². The van der Waals surface area contributed by atoms with Gasteiger partial charge in [0.05, 0.1) is 0 Å². The van der Waals surface area contributed by atoms with E-state index in [1.54, 1.807) is 0 Å². The van der Waals surface area contributed by atoms with Gasteiger partial charge in [0, 0.05) is 6.04 Å². The van der Waals surface area contributed by atoms with E-state index in [9.17, 15) is 0 Å². The van der Waals surface area contributed by atoms with Gasteiger partial charge in [-0.3, -0.25) is 0 Å². The van der Waals surface area contributed by atoms with Gasteiger partial charge in [-0.2, -0.15) is 0 Å². The van der Waals surface area contributed by atoms with Crippen LogP contribution in [0.25, 0.3) is 10.8 Å². The van der Waals surface area contributed by atoms with Crippen molar-refractivity contribution in [2.75, 3.05) is 7.05 Å². The fourth-order valence-electron chi connectivity index (χ4n) is 3.95. The summed E-state index contributed by atoms with van der Waals surface area (Å²) in [7, 11) is 2.11. The molecule has 0 radical (unpaired) electrons. The maximum atomic E-state index is 3.59. The van der Waals surface area contributed by atoms with E-state index in [-0.39, 0.29) is 0 Å². The third-order valence-corrected chi connectivity index (χ3v) is 5.09. The topological polar surface area (TPSA) is 12.0 Å². The summed E-state index contributed by atoms with van der Waals surface area (Å²) in [6.07, 6.45) is 6.84. The maximum absolute atomic E-state index is 3.59. The maximum Gasteiger partial charge on any atom is 0.0372 e. The minimum Gasteiger partial charge on any atom is -0.313 e. The first-order valence-corrected chi connectivity index (χ1v) is 7.89. The summed E-state index contributed by atoms with van der Waals surface area (Å²) >= 11 is 0. The van der Waals surface area contributed by atoms with Crippen LogP contribution in [-0.4, -0.2) is 7.05 Å². The standard InChI is InChI=1S/C19H25N/c1-19(12-6-3-7-13-19)18(20-2)17-11-10-15-8-4-5-9-16(15)14-17/h4-5,8-11,14,18,20H,3,6-7,12-13H2,1-2H3. The summed E-state index contributed by atoms with van der Waals surface area (Å²) in [6, 6.07) is 16.1. The molecule has 1 aliphatic carbocycles. The van der Waals surface area contributed by atoms with Gasteiger partial charge in [0.25, 0.3) is 0 Å². The molecule has 2 aromatic rings. The zero-order chi connectivity index (χ0) is 14.0. The molecule has 1 aliphatic rings. The molecule has 0 heterocycles.